The van der Waals surface area contributed by atoms with Crippen LogP contribution in [0.2, 0.25) is 0 Å². The van der Waals surface area contributed by atoms with Gasteiger partial charge in [0.2, 0.25) is 6.29 Å². The largest absolute Gasteiger partial charge is 0.316 e. The van der Waals surface area contributed by atoms with E-state index in [0.29, 0.717) is 5.88 Å². The van der Waals surface area contributed by atoms with Crippen LogP contribution in [0, 0.1) is 0 Å². The first-order chi connectivity index (χ1) is 6.03. The van der Waals surface area contributed by atoms with Crippen LogP contribution in [0.25, 0.3) is 0 Å². The van der Waals surface area contributed by atoms with Crippen molar-refractivity contribution in [2.75, 3.05) is 5.88 Å². The molecule has 1 aliphatic heterocycles. The van der Waals surface area contributed by atoms with Crippen molar-refractivity contribution < 1.29 is 14.4 Å². The van der Waals surface area contributed by atoms with Crippen LogP contribution < -0.4 is 0 Å². The second-order valence-electron chi connectivity index (χ2n) is 3.38. The highest BCUT2D eigenvalue weighted by Crippen LogP contribution is 2.37. The van der Waals surface area contributed by atoms with E-state index in [2.05, 4.69) is 0 Å². The summed E-state index contributed by atoms with van der Waals surface area (Å²) < 4.78 is -0.291. The van der Waals surface area contributed by atoms with Gasteiger partial charge in [0.15, 0.2) is 0 Å². The fourth-order valence-electron chi connectivity index (χ4n) is 1.28. The molecule has 0 radical (unpaired) electrons. The quantitative estimate of drug-likeness (QED) is 0.468. The fraction of sp³-hybridized carbons (Fsp3) is 0.625. The van der Waals surface area contributed by atoms with Crippen LogP contribution in [-0.2, 0) is 14.4 Å². The van der Waals surface area contributed by atoms with Crippen molar-refractivity contribution in [3.63, 3.8) is 0 Å². The van der Waals surface area contributed by atoms with Crippen LogP contribution >= 0.6 is 11.8 Å². The van der Waals surface area contributed by atoms with Gasteiger partial charge in [0, 0.05) is 4.75 Å². The molecule has 0 aromatic carbocycles. The van der Waals surface area contributed by atoms with Gasteiger partial charge in [0.25, 0.3) is 5.91 Å². The molecule has 1 saturated heterocycles. The minimum atomic E-state index is -0.616. The van der Waals surface area contributed by atoms with E-state index in [0.717, 1.165) is 6.29 Å². The Labute approximate surface area is 80.7 Å². The van der Waals surface area contributed by atoms with Gasteiger partial charge in [-0.2, -0.15) is 0 Å². The van der Waals surface area contributed by atoms with E-state index >= 15 is 0 Å². The molecule has 72 valence electrons. The smallest absolute Gasteiger partial charge is 0.288 e. The molecule has 1 aliphatic rings. The van der Waals surface area contributed by atoms with Crippen LogP contribution in [0.15, 0.2) is 0 Å². The Morgan fingerprint density at radius 1 is 1.54 bits per heavy atom. The van der Waals surface area contributed by atoms with Gasteiger partial charge < -0.3 is 9.69 Å². The minimum absolute atomic E-state index is 0.248. The lowest BCUT2D eigenvalue weighted by atomic mass is 10.0. The molecule has 0 spiro atoms. The van der Waals surface area contributed by atoms with Gasteiger partial charge in [-0.3, -0.25) is 9.59 Å². The van der Waals surface area contributed by atoms with Crippen LogP contribution in [0.5, 0.6) is 0 Å². The Morgan fingerprint density at radius 3 is 2.62 bits per heavy atom. The maximum Gasteiger partial charge on any atom is 0.288 e. The minimum Gasteiger partial charge on any atom is -0.316 e. The Balaban J connectivity index is 2.85. The van der Waals surface area contributed by atoms with Gasteiger partial charge in [0.05, 0.1) is 5.88 Å². The maximum absolute atomic E-state index is 11.1. The highest BCUT2D eigenvalue weighted by Gasteiger charge is 2.43. The van der Waals surface area contributed by atoms with E-state index in [1.54, 1.807) is 0 Å². The van der Waals surface area contributed by atoms with Crippen LogP contribution in [0.4, 0.5) is 0 Å². The Kier molecular flexibility index (Phi) is 2.75. The standard InChI is InChI=1S/C8H11NO3S/c1-8(2)6(3-10)9(5-13-8)7(12)4-11/h3-4,6H,5H2,1-2H3/t6-/m0/s1. The highest BCUT2D eigenvalue weighted by atomic mass is 32.2. The molecular formula is C8H11NO3S. The highest BCUT2D eigenvalue weighted by molar-refractivity contribution is 8.00. The molecule has 1 heterocycles. The van der Waals surface area contributed by atoms with Gasteiger partial charge in [-0.1, -0.05) is 0 Å². The average Bonchev–Trinajstić information content (AvgIpc) is 2.39. The summed E-state index contributed by atoms with van der Waals surface area (Å²) in [4.78, 5) is 33.3. The molecule has 1 rings (SSSR count). The molecule has 1 fully saturated rings. The number of carbonyl (C=O) groups is 3. The molecule has 0 saturated carbocycles. The Hall–Kier alpha value is -0.840. The summed E-state index contributed by atoms with van der Waals surface area (Å²) in [6.45, 7) is 3.77. The maximum atomic E-state index is 11.1. The zero-order chi connectivity index (χ0) is 10.1. The van der Waals surface area contributed by atoms with Crippen molar-refractivity contribution in [1.82, 2.24) is 4.90 Å². The molecular weight excluding hydrogens is 190 g/mol. The van der Waals surface area contributed by atoms with E-state index in [1.807, 2.05) is 13.8 Å². The first-order valence-corrected chi connectivity index (χ1v) is 4.86. The van der Waals surface area contributed by atoms with E-state index in [1.165, 1.54) is 16.7 Å². The van der Waals surface area contributed by atoms with E-state index in [4.69, 9.17) is 0 Å². The molecule has 13 heavy (non-hydrogen) atoms. The summed E-state index contributed by atoms with van der Waals surface area (Å²) in [5, 5.41) is 0. The lowest BCUT2D eigenvalue weighted by Crippen LogP contribution is -2.44. The van der Waals surface area contributed by atoms with Crippen molar-refractivity contribution in [3.05, 3.63) is 0 Å². The zero-order valence-electron chi connectivity index (χ0n) is 7.52. The molecule has 0 N–H and O–H groups in total. The van der Waals surface area contributed by atoms with Crippen LogP contribution in [0.3, 0.4) is 0 Å². The van der Waals surface area contributed by atoms with Gasteiger partial charge in [-0.05, 0) is 13.8 Å². The van der Waals surface area contributed by atoms with Crippen molar-refractivity contribution in [2.45, 2.75) is 24.6 Å². The lowest BCUT2D eigenvalue weighted by molar-refractivity contribution is -0.140. The molecule has 0 unspecified atom stereocenters. The molecule has 1 amide bonds. The summed E-state index contributed by atoms with van der Waals surface area (Å²) in [5.74, 6) is -0.205. The number of rotatable bonds is 2. The number of aldehydes is 2. The van der Waals surface area contributed by atoms with E-state index < -0.39 is 11.9 Å². The van der Waals surface area contributed by atoms with Crippen molar-refractivity contribution in [2.24, 2.45) is 0 Å². The average molecular weight is 201 g/mol. The van der Waals surface area contributed by atoms with Gasteiger partial charge >= 0.3 is 0 Å². The van der Waals surface area contributed by atoms with E-state index in [9.17, 15) is 14.4 Å². The molecule has 0 aromatic rings. The van der Waals surface area contributed by atoms with Crippen molar-refractivity contribution in [3.8, 4) is 0 Å². The summed E-state index contributed by atoms with van der Waals surface area (Å²) in [6, 6.07) is -0.491. The topological polar surface area (TPSA) is 54.5 Å². The Morgan fingerprint density at radius 2 is 2.15 bits per heavy atom. The monoisotopic (exact) mass is 201 g/mol. The third-order valence-corrected chi connectivity index (χ3v) is 3.53. The summed E-state index contributed by atoms with van der Waals surface area (Å²) in [5.41, 5.74) is 0. The third kappa shape index (κ3) is 1.75. The number of amides is 1. The molecule has 0 bridgehead atoms. The number of carbonyl (C=O) groups excluding carboxylic acids is 3. The van der Waals surface area contributed by atoms with Gasteiger partial charge in [0.1, 0.15) is 12.3 Å². The molecule has 1 atom stereocenters. The molecule has 4 nitrogen and oxygen atoms in total. The zero-order valence-corrected chi connectivity index (χ0v) is 8.34. The fourth-order valence-corrected chi connectivity index (χ4v) is 2.40. The Bertz CT molecular complexity index is 252. The predicted octanol–water partition coefficient (Wildman–Crippen LogP) is 0.0643. The second kappa shape index (κ2) is 3.49. The van der Waals surface area contributed by atoms with E-state index in [-0.39, 0.29) is 11.0 Å². The lowest BCUT2D eigenvalue weighted by Gasteiger charge is -2.24. The summed E-state index contributed by atoms with van der Waals surface area (Å²) in [6.07, 6.45) is 0.972. The second-order valence-corrected chi connectivity index (χ2v) is 4.98. The van der Waals surface area contributed by atoms with Crippen LogP contribution in [-0.4, -0.2) is 40.0 Å². The first kappa shape index (κ1) is 10.2. The number of hydrogen-bond acceptors (Lipinski definition) is 4. The summed E-state index contributed by atoms with van der Waals surface area (Å²) in [7, 11) is 0. The number of hydrogen-bond donors (Lipinski definition) is 0. The number of nitrogens with zero attached hydrogens (tertiary/aromatic N) is 1. The predicted molar refractivity (Wildman–Crippen MR) is 49.3 cm³/mol. The first-order valence-electron chi connectivity index (χ1n) is 3.88. The van der Waals surface area contributed by atoms with Crippen molar-refractivity contribution in [1.29, 1.82) is 0 Å². The normalized spacial score (nSPS) is 25.7. The molecule has 5 heteroatoms. The van der Waals surface area contributed by atoms with Crippen molar-refractivity contribution >= 4 is 30.2 Å². The third-order valence-electron chi connectivity index (χ3n) is 2.14. The molecule has 0 aromatic heterocycles. The van der Waals surface area contributed by atoms with Gasteiger partial charge in [-0.25, -0.2) is 0 Å². The SMILES string of the molecule is CC1(C)SCN(C(=O)C=O)[C@H]1C=O. The molecule has 0 aliphatic carbocycles. The van der Waals surface area contributed by atoms with Gasteiger partial charge in [-0.15, -0.1) is 11.8 Å². The number of thioether (sulfide) groups is 1. The summed E-state index contributed by atoms with van der Waals surface area (Å²) >= 11 is 1.50. The van der Waals surface area contributed by atoms with Crippen LogP contribution in [0.1, 0.15) is 13.8 Å².